The van der Waals surface area contributed by atoms with E-state index >= 15 is 0 Å². The van der Waals surface area contributed by atoms with E-state index in [1.165, 1.54) is 12.1 Å². The van der Waals surface area contributed by atoms with Crippen molar-refractivity contribution in [1.29, 1.82) is 0 Å². The van der Waals surface area contributed by atoms with Crippen LogP contribution in [0.1, 0.15) is 23.3 Å². The number of aldehydes is 1. The zero-order valence-electron chi connectivity index (χ0n) is 12.3. The molecule has 3 atom stereocenters. The number of nitro benzene ring substituents is 1. The number of oxazole rings is 1. The van der Waals surface area contributed by atoms with E-state index in [0.717, 1.165) is 16.3 Å². The molecule has 4 rings (SSSR count). The van der Waals surface area contributed by atoms with Crippen molar-refractivity contribution in [3.8, 4) is 0 Å². The van der Waals surface area contributed by atoms with Gasteiger partial charge in [0.25, 0.3) is 5.69 Å². The molecular formula is C17H11BrN2O4. The summed E-state index contributed by atoms with van der Waals surface area (Å²) < 4.78 is 6.66. The second kappa shape index (κ2) is 5.52. The van der Waals surface area contributed by atoms with Crippen LogP contribution in [-0.4, -0.2) is 16.2 Å². The Bertz CT molecular complexity index is 968. The van der Waals surface area contributed by atoms with E-state index in [4.69, 9.17) is 4.42 Å². The molecule has 0 bridgehead atoms. The summed E-state index contributed by atoms with van der Waals surface area (Å²) >= 11 is 3.51. The summed E-state index contributed by atoms with van der Waals surface area (Å²) in [5.74, 6) is 0.101. The number of nitro groups is 1. The molecule has 0 N–H and O–H groups in total. The zero-order valence-corrected chi connectivity index (χ0v) is 13.8. The molecule has 0 amide bonds. The lowest BCUT2D eigenvalue weighted by Crippen LogP contribution is -1.86. The number of halogens is 1. The molecular weight excluding hydrogens is 376 g/mol. The fourth-order valence-corrected chi connectivity index (χ4v) is 3.70. The van der Waals surface area contributed by atoms with Crippen molar-refractivity contribution >= 4 is 39.0 Å². The number of rotatable bonds is 4. The number of hydrogen-bond acceptors (Lipinski definition) is 5. The van der Waals surface area contributed by atoms with Crippen molar-refractivity contribution in [2.75, 3.05) is 0 Å². The number of carbonyl (C=O) groups is 1. The molecule has 1 fully saturated rings. The first kappa shape index (κ1) is 15.0. The molecule has 1 saturated carbocycles. The maximum atomic E-state index is 11.4. The number of nitrogens with zero attached hydrogens (tertiary/aromatic N) is 2. The minimum absolute atomic E-state index is 0.00104. The Labute approximate surface area is 144 Å². The van der Waals surface area contributed by atoms with Crippen molar-refractivity contribution in [1.82, 2.24) is 4.98 Å². The van der Waals surface area contributed by atoms with Crippen LogP contribution in [-0.2, 0) is 4.79 Å². The van der Waals surface area contributed by atoms with Crippen molar-refractivity contribution in [3.63, 3.8) is 0 Å². The Hall–Kier alpha value is -2.54. The number of carbonyl (C=O) groups excluding carboxylic acids is 1. The average Bonchev–Trinajstić information content (AvgIpc) is 3.15. The number of benzene rings is 2. The smallest absolute Gasteiger partial charge is 0.273 e. The molecule has 24 heavy (non-hydrogen) atoms. The molecule has 1 aliphatic carbocycles. The number of hydrogen-bond donors (Lipinski definition) is 0. The van der Waals surface area contributed by atoms with Gasteiger partial charge in [-0.25, -0.2) is 4.98 Å². The van der Waals surface area contributed by atoms with Crippen LogP contribution in [0.4, 0.5) is 5.69 Å². The maximum Gasteiger partial charge on any atom is 0.273 e. The second-order valence-electron chi connectivity index (χ2n) is 5.75. The summed E-state index contributed by atoms with van der Waals surface area (Å²) in [6, 6.07) is 12.1. The molecule has 1 heterocycles. The highest BCUT2D eigenvalue weighted by atomic mass is 79.9. The van der Waals surface area contributed by atoms with E-state index in [0.29, 0.717) is 17.0 Å². The molecule has 0 radical (unpaired) electrons. The SMILES string of the molecule is O=C[C@@H]1[C@@H](c2ccccc2Br)[C@H]1c1nc2ccc([N+](=O)[O-])cc2o1. The Kier molecular flexibility index (Phi) is 3.45. The Balaban J connectivity index is 1.73. The molecule has 0 aliphatic heterocycles. The lowest BCUT2D eigenvalue weighted by atomic mass is 10.1. The van der Waals surface area contributed by atoms with Gasteiger partial charge in [0.1, 0.15) is 11.8 Å². The zero-order chi connectivity index (χ0) is 16.8. The minimum Gasteiger partial charge on any atom is -0.440 e. The van der Waals surface area contributed by atoms with Gasteiger partial charge in [-0.3, -0.25) is 10.1 Å². The van der Waals surface area contributed by atoms with Crippen LogP contribution in [0.25, 0.3) is 11.1 Å². The van der Waals surface area contributed by atoms with E-state index in [2.05, 4.69) is 20.9 Å². The van der Waals surface area contributed by atoms with Gasteiger partial charge in [-0.1, -0.05) is 34.1 Å². The van der Waals surface area contributed by atoms with Gasteiger partial charge in [0.05, 0.1) is 16.9 Å². The normalized spacial score (nSPS) is 22.5. The topological polar surface area (TPSA) is 86.2 Å². The highest BCUT2D eigenvalue weighted by Crippen LogP contribution is 2.60. The summed E-state index contributed by atoms with van der Waals surface area (Å²) in [7, 11) is 0. The molecule has 0 unspecified atom stereocenters. The molecule has 6 nitrogen and oxygen atoms in total. The Morgan fingerprint density at radius 2 is 2.00 bits per heavy atom. The Morgan fingerprint density at radius 3 is 2.71 bits per heavy atom. The summed E-state index contributed by atoms with van der Waals surface area (Å²) in [6.07, 6.45) is 0.923. The standard InChI is InChI=1S/C17H11BrN2O4/c18-12-4-2-1-3-10(12)15-11(8-21)16(15)17-19-13-6-5-9(20(22)23)7-14(13)24-17/h1-8,11,15-16H/t11-,15-,16+/m1/s1. The van der Waals surface area contributed by atoms with Crippen LogP contribution in [0.3, 0.4) is 0 Å². The highest BCUT2D eigenvalue weighted by molar-refractivity contribution is 9.10. The predicted octanol–water partition coefficient (Wildman–Crippen LogP) is 4.19. The van der Waals surface area contributed by atoms with E-state index < -0.39 is 4.92 Å². The Morgan fingerprint density at radius 1 is 1.21 bits per heavy atom. The molecule has 120 valence electrons. The monoisotopic (exact) mass is 386 g/mol. The van der Waals surface area contributed by atoms with Crippen molar-refractivity contribution in [3.05, 3.63) is 68.5 Å². The third-order valence-corrected chi connectivity index (χ3v) is 5.10. The van der Waals surface area contributed by atoms with Crippen LogP contribution >= 0.6 is 15.9 Å². The van der Waals surface area contributed by atoms with Crippen molar-refractivity contribution < 1.29 is 14.1 Å². The summed E-state index contributed by atoms with van der Waals surface area (Å²) in [5.41, 5.74) is 1.91. The molecule has 1 aliphatic rings. The molecule has 0 saturated heterocycles. The van der Waals surface area contributed by atoms with E-state index in [9.17, 15) is 14.9 Å². The van der Waals surface area contributed by atoms with Gasteiger partial charge in [-0.15, -0.1) is 0 Å². The van der Waals surface area contributed by atoms with Crippen LogP contribution in [0.2, 0.25) is 0 Å². The van der Waals surface area contributed by atoms with Crippen LogP contribution in [0, 0.1) is 16.0 Å². The maximum absolute atomic E-state index is 11.4. The predicted molar refractivity (Wildman–Crippen MR) is 89.8 cm³/mol. The lowest BCUT2D eigenvalue weighted by molar-refractivity contribution is -0.384. The quantitative estimate of drug-likeness (QED) is 0.381. The average molecular weight is 387 g/mol. The number of fused-ring (bicyclic) bond motifs is 1. The summed E-state index contributed by atoms with van der Waals surface area (Å²) in [4.78, 5) is 26.2. The van der Waals surface area contributed by atoms with Crippen molar-refractivity contribution in [2.24, 2.45) is 5.92 Å². The van der Waals surface area contributed by atoms with Gasteiger partial charge in [0, 0.05) is 22.4 Å². The van der Waals surface area contributed by atoms with Gasteiger partial charge in [-0.05, 0) is 17.7 Å². The first-order valence-electron chi connectivity index (χ1n) is 7.34. The third kappa shape index (κ3) is 2.32. The van der Waals surface area contributed by atoms with Gasteiger partial charge < -0.3 is 9.21 Å². The van der Waals surface area contributed by atoms with Gasteiger partial charge in [0.15, 0.2) is 11.5 Å². The van der Waals surface area contributed by atoms with Gasteiger partial charge in [-0.2, -0.15) is 0 Å². The summed E-state index contributed by atoms with van der Waals surface area (Å²) in [6.45, 7) is 0. The van der Waals surface area contributed by atoms with Gasteiger partial charge in [0.2, 0.25) is 0 Å². The lowest BCUT2D eigenvalue weighted by Gasteiger charge is -2.01. The van der Waals surface area contributed by atoms with E-state index in [1.807, 2.05) is 24.3 Å². The van der Waals surface area contributed by atoms with E-state index in [-0.39, 0.29) is 23.4 Å². The van der Waals surface area contributed by atoms with Crippen molar-refractivity contribution in [2.45, 2.75) is 11.8 Å². The van der Waals surface area contributed by atoms with Gasteiger partial charge >= 0.3 is 0 Å². The largest absolute Gasteiger partial charge is 0.440 e. The fraction of sp³-hybridized carbons (Fsp3) is 0.176. The number of non-ortho nitro benzene ring substituents is 1. The molecule has 7 heteroatoms. The fourth-order valence-electron chi connectivity index (χ4n) is 3.16. The third-order valence-electron chi connectivity index (χ3n) is 4.38. The number of aromatic nitrogens is 1. The van der Waals surface area contributed by atoms with E-state index in [1.54, 1.807) is 6.07 Å². The molecule has 3 aromatic rings. The first-order chi connectivity index (χ1) is 11.6. The van der Waals surface area contributed by atoms with Crippen LogP contribution in [0.5, 0.6) is 0 Å². The minimum atomic E-state index is -0.475. The summed E-state index contributed by atoms with van der Waals surface area (Å²) in [5, 5.41) is 10.9. The molecule has 2 aromatic carbocycles. The molecule has 1 aromatic heterocycles. The van der Waals surface area contributed by atoms with Crippen LogP contribution < -0.4 is 0 Å². The molecule has 0 spiro atoms. The first-order valence-corrected chi connectivity index (χ1v) is 8.14. The highest BCUT2D eigenvalue weighted by Gasteiger charge is 2.55. The second-order valence-corrected chi connectivity index (χ2v) is 6.60. The van der Waals surface area contributed by atoms with Crippen LogP contribution in [0.15, 0.2) is 51.4 Å².